The zero-order chi connectivity index (χ0) is 21.5. The number of thioether (sulfide) groups is 1. The average Bonchev–Trinajstić information content (AvgIpc) is 3.25. The number of nitrogens with zero attached hydrogens (tertiary/aromatic N) is 4. The highest BCUT2D eigenvalue weighted by Gasteiger charge is 2.16. The molecule has 0 aliphatic carbocycles. The van der Waals surface area contributed by atoms with Gasteiger partial charge in [-0.3, -0.25) is 4.79 Å². The minimum atomic E-state index is -0.237. The van der Waals surface area contributed by atoms with Crippen LogP contribution in [0.3, 0.4) is 0 Å². The van der Waals surface area contributed by atoms with E-state index < -0.39 is 0 Å². The molecule has 0 fully saturated rings. The Labute approximate surface area is 177 Å². The molecule has 0 radical (unpaired) electrons. The summed E-state index contributed by atoms with van der Waals surface area (Å²) in [7, 11) is 6.14. The molecule has 158 valence electrons. The summed E-state index contributed by atoms with van der Waals surface area (Å²) in [6.45, 7) is 0. The van der Waals surface area contributed by atoms with E-state index in [1.54, 1.807) is 23.9 Å². The first-order valence-corrected chi connectivity index (χ1v) is 9.73. The number of tetrazole rings is 1. The number of carbonyl (C=O) groups is 1. The van der Waals surface area contributed by atoms with Gasteiger partial charge in [0, 0.05) is 17.8 Å². The van der Waals surface area contributed by atoms with Crippen LogP contribution in [0.25, 0.3) is 5.69 Å². The van der Waals surface area contributed by atoms with E-state index in [9.17, 15) is 4.79 Å². The quantitative estimate of drug-likeness (QED) is 0.511. The smallest absolute Gasteiger partial charge is 0.234 e. The van der Waals surface area contributed by atoms with Gasteiger partial charge in [-0.05, 0) is 34.7 Å². The van der Waals surface area contributed by atoms with Crippen LogP contribution in [-0.2, 0) is 4.79 Å². The van der Waals surface area contributed by atoms with E-state index in [2.05, 4.69) is 20.8 Å². The summed E-state index contributed by atoms with van der Waals surface area (Å²) in [6.07, 6.45) is 0. The molecule has 0 atom stereocenters. The minimum absolute atomic E-state index is 0.104. The lowest BCUT2D eigenvalue weighted by molar-refractivity contribution is -0.113. The number of rotatable bonds is 9. The van der Waals surface area contributed by atoms with Crippen LogP contribution in [0.4, 0.5) is 5.69 Å². The lowest BCUT2D eigenvalue weighted by atomic mass is 10.2. The van der Waals surface area contributed by atoms with Gasteiger partial charge in [-0.2, -0.15) is 4.68 Å². The number of nitrogens with one attached hydrogen (secondary N) is 1. The molecule has 3 rings (SSSR count). The van der Waals surface area contributed by atoms with E-state index in [0.717, 1.165) is 11.4 Å². The second-order valence-electron chi connectivity index (χ2n) is 5.82. The first kappa shape index (κ1) is 21.2. The van der Waals surface area contributed by atoms with E-state index in [1.165, 1.54) is 33.1 Å². The van der Waals surface area contributed by atoms with Crippen LogP contribution < -0.4 is 24.3 Å². The Morgan fingerprint density at radius 1 is 1.00 bits per heavy atom. The maximum absolute atomic E-state index is 12.5. The molecule has 1 amide bonds. The molecular formula is C19H21N5O5S. The number of hydrogen-bond acceptors (Lipinski definition) is 9. The van der Waals surface area contributed by atoms with Crippen LogP contribution in [0.2, 0.25) is 0 Å². The van der Waals surface area contributed by atoms with Crippen LogP contribution in [0.1, 0.15) is 0 Å². The Bertz CT molecular complexity index is 984. The molecule has 1 aromatic heterocycles. The number of anilines is 1. The maximum Gasteiger partial charge on any atom is 0.234 e. The molecule has 0 saturated carbocycles. The molecule has 1 heterocycles. The van der Waals surface area contributed by atoms with E-state index in [-0.39, 0.29) is 11.7 Å². The first-order chi connectivity index (χ1) is 14.6. The van der Waals surface area contributed by atoms with Gasteiger partial charge in [0.15, 0.2) is 11.5 Å². The summed E-state index contributed by atoms with van der Waals surface area (Å²) in [5, 5.41) is 15.0. The lowest BCUT2D eigenvalue weighted by Crippen LogP contribution is -2.15. The lowest BCUT2D eigenvalue weighted by Gasteiger charge is -2.14. The summed E-state index contributed by atoms with van der Waals surface area (Å²) in [5.74, 6) is 1.94. The zero-order valence-electron chi connectivity index (χ0n) is 16.9. The van der Waals surface area contributed by atoms with Crippen molar-refractivity contribution in [2.75, 3.05) is 39.5 Å². The van der Waals surface area contributed by atoms with Crippen molar-refractivity contribution in [2.45, 2.75) is 5.16 Å². The number of carbonyl (C=O) groups excluding carboxylic acids is 1. The van der Waals surface area contributed by atoms with Crippen LogP contribution >= 0.6 is 11.8 Å². The number of benzene rings is 2. The fraction of sp³-hybridized carbons (Fsp3) is 0.263. The van der Waals surface area contributed by atoms with Gasteiger partial charge in [-0.1, -0.05) is 11.8 Å². The fourth-order valence-electron chi connectivity index (χ4n) is 2.63. The van der Waals surface area contributed by atoms with Crippen molar-refractivity contribution in [3.05, 3.63) is 36.4 Å². The van der Waals surface area contributed by atoms with Crippen molar-refractivity contribution in [1.82, 2.24) is 20.2 Å². The predicted molar refractivity (Wildman–Crippen MR) is 111 cm³/mol. The van der Waals surface area contributed by atoms with Crippen molar-refractivity contribution in [3.8, 4) is 28.7 Å². The summed E-state index contributed by atoms with van der Waals surface area (Å²) in [4.78, 5) is 12.5. The SMILES string of the molecule is COc1ccc(-n2nnnc2SCC(=O)Nc2cc(OC)c(OC)c(OC)c2)cc1. The summed E-state index contributed by atoms with van der Waals surface area (Å²) >= 11 is 1.21. The molecule has 0 aliphatic heterocycles. The average molecular weight is 431 g/mol. The fourth-order valence-corrected chi connectivity index (χ4v) is 3.33. The third kappa shape index (κ3) is 4.74. The normalized spacial score (nSPS) is 10.4. The number of hydrogen-bond donors (Lipinski definition) is 1. The van der Waals surface area contributed by atoms with Crippen LogP contribution in [0.5, 0.6) is 23.0 Å². The largest absolute Gasteiger partial charge is 0.497 e. The van der Waals surface area contributed by atoms with E-state index in [0.29, 0.717) is 28.1 Å². The second-order valence-corrected chi connectivity index (χ2v) is 6.76. The van der Waals surface area contributed by atoms with Crippen molar-refractivity contribution >= 4 is 23.4 Å². The van der Waals surface area contributed by atoms with Crippen molar-refractivity contribution in [3.63, 3.8) is 0 Å². The van der Waals surface area contributed by atoms with Crippen molar-refractivity contribution in [2.24, 2.45) is 0 Å². The van der Waals surface area contributed by atoms with Gasteiger partial charge < -0.3 is 24.3 Å². The Morgan fingerprint density at radius 3 is 2.23 bits per heavy atom. The zero-order valence-corrected chi connectivity index (χ0v) is 17.7. The van der Waals surface area contributed by atoms with Gasteiger partial charge in [-0.15, -0.1) is 5.10 Å². The van der Waals surface area contributed by atoms with Gasteiger partial charge in [0.1, 0.15) is 5.75 Å². The van der Waals surface area contributed by atoms with Gasteiger partial charge >= 0.3 is 0 Å². The molecule has 11 heteroatoms. The Kier molecular flexibility index (Phi) is 6.96. The molecule has 0 bridgehead atoms. The molecular weight excluding hydrogens is 410 g/mol. The molecule has 30 heavy (non-hydrogen) atoms. The van der Waals surface area contributed by atoms with Crippen molar-refractivity contribution in [1.29, 1.82) is 0 Å². The highest BCUT2D eigenvalue weighted by atomic mass is 32.2. The number of aromatic nitrogens is 4. The number of ether oxygens (including phenoxy) is 4. The molecule has 2 aromatic carbocycles. The minimum Gasteiger partial charge on any atom is -0.497 e. The van der Waals surface area contributed by atoms with Crippen LogP contribution in [0.15, 0.2) is 41.6 Å². The summed E-state index contributed by atoms with van der Waals surface area (Å²) < 4.78 is 22.6. The number of methoxy groups -OCH3 is 4. The standard InChI is InChI=1S/C19H21N5O5S/c1-26-14-7-5-13(6-8-14)24-19(21-22-23-24)30-11-17(25)20-12-9-15(27-2)18(29-4)16(10-12)28-3/h5-10H,11H2,1-4H3,(H,20,25). The van der Waals surface area contributed by atoms with Gasteiger partial charge in [-0.25, -0.2) is 0 Å². The third-order valence-corrected chi connectivity index (χ3v) is 4.96. The van der Waals surface area contributed by atoms with Crippen LogP contribution in [-0.4, -0.2) is 60.3 Å². The van der Waals surface area contributed by atoms with E-state index in [4.69, 9.17) is 18.9 Å². The molecule has 0 aliphatic rings. The monoisotopic (exact) mass is 431 g/mol. The van der Waals surface area contributed by atoms with Crippen LogP contribution in [0, 0.1) is 0 Å². The summed E-state index contributed by atoms with van der Waals surface area (Å²) in [6, 6.07) is 10.6. The predicted octanol–water partition coefficient (Wildman–Crippen LogP) is 2.43. The highest BCUT2D eigenvalue weighted by molar-refractivity contribution is 7.99. The molecule has 0 saturated heterocycles. The molecule has 10 nitrogen and oxygen atoms in total. The van der Waals surface area contributed by atoms with Gasteiger partial charge in [0.25, 0.3) is 0 Å². The number of amides is 1. The molecule has 0 spiro atoms. The Balaban J connectivity index is 1.68. The highest BCUT2D eigenvalue weighted by Crippen LogP contribution is 2.40. The van der Waals surface area contributed by atoms with E-state index in [1.807, 2.05) is 24.3 Å². The first-order valence-electron chi connectivity index (χ1n) is 8.75. The molecule has 3 aromatic rings. The second kappa shape index (κ2) is 9.83. The maximum atomic E-state index is 12.5. The van der Waals surface area contributed by atoms with Gasteiger partial charge in [0.05, 0.1) is 39.9 Å². The van der Waals surface area contributed by atoms with E-state index >= 15 is 0 Å². The van der Waals surface area contributed by atoms with Crippen molar-refractivity contribution < 1.29 is 23.7 Å². The van der Waals surface area contributed by atoms with Gasteiger partial charge in [0.2, 0.25) is 16.8 Å². The molecule has 1 N–H and O–H groups in total. The Morgan fingerprint density at radius 2 is 1.67 bits per heavy atom. The molecule has 0 unspecified atom stereocenters. The topological polar surface area (TPSA) is 110 Å². The summed E-state index contributed by atoms with van der Waals surface area (Å²) in [5.41, 5.74) is 1.28. The third-order valence-electron chi connectivity index (χ3n) is 4.04. The Hall–Kier alpha value is -3.47.